The Bertz CT molecular complexity index is 1080. The number of amides is 1. The number of anilines is 1. The number of nitrogens with one attached hydrogen (secondary N) is 1. The summed E-state index contributed by atoms with van der Waals surface area (Å²) in [5, 5.41) is 10.0. The minimum absolute atomic E-state index is 0.0917. The predicted octanol–water partition coefficient (Wildman–Crippen LogP) is 4.62. The van der Waals surface area contributed by atoms with Crippen LogP contribution in [0.25, 0.3) is 0 Å². The Balaban J connectivity index is 1.45. The maximum Gasteiger partial charge on any atom is 0.436 e. The zero-order chi connectivity index (χ0) is 21.5. The van der Waals surface area contributed by atoms with Crippen molar-refractivity contribution < 1.29 is 18.0 Å². The molecule has 0 radical (unpaired) electrons. The van der Waals surface area contributed by atoms with Crippen LogP contribution < -0.4 is 5.32 Å². The topological polar surface area (TPSA) is 64.7 Å². The molecule has 0 saturated heterocycles. The molecule has 0 spiro atoms. The van der Waals surface area contributed by atoms with E-state index in [9.17, 15) is 18.0 Å². The van der Waals surface area contributed by atoms with Crippen molar-refractivity contribution in [1.29, 1.82) is 0 Å². The summed E-state index contributed by atoms with van der Waals surface area (Å²) < 4.78 is 42.2. The van der Waals surface area contributed by atoms with Crippen LogP contribution in [0.2, 0.25) is 5.02 Å². The van der Waals surface area contributed by atoms with E-state index in [2.05, 4.69) is 15.5 Å². The van der Waals surface area contributed by atoms with Gasteiger partial charge in [-0.1, -0.05) is 41.4 Å². The fourth-order valence-electron chi connectivity index (χ4n) is 3.35. The third-order valence-electron chi connectivity index (χ3n) is 4.80. The summed E-state index contributed by atoms with van der Waals surface area (Å²) in [5.41, 5.74) is 1.78. The average Bonchev–Trinajstić information content (AvgIpc) is 3.30. The highest BCUT2D eigenvalue weighted by Crippen LogP contribution is 2.46. The van der Waals surface area contributed by atoms with Gasteiger partial charge in [-0.05, 0) is 25.3 Å². The molecule has 1 fully saturated rings. The molecule has 6 nitrogen and oxygen atoms in total. The van der Waals surface area contributed by atoms with Crippen LogP contribution in [0.15, 0.2) is 36.7 Å². The Morgan fingerprint density at radius 2 is 2.10 bits per heavy atom. The first-order chi connectivity index (χ1) is 14.2. The third-order valence-corrected chi connectivity index (χ3v) is 5.17. The molecule has 1 amide bonds. The van der Waals surface area contributed by atoms with E-state index in [1.165, 1.54) is 6.20 Å². The quantitative estimate of drug-likeness (QED) is 0.611. The van der Waals surface area contributed by atoms with Crippen molar-refractivity contribution in [3.05, 3.63) is 64.2 Å². The summed E-state index contributed by atoms with van der Waals surface area (Å²) in [6.45, 7) is 2.18. The molecule has 3 aromatic rings. The number of aromatic nitrogens is 4. The second kappa shape index (κ2) is 7.79. The number of hydrogen-bond donors (Lipinski definition) is 1. The summed E-state index contributed by atoms with van der Waals surface area (Å²) in [7, 11) is 0. The lowest BCUT2D eigenvalue weighted by Crippen LogP contribution is -2.21. The highest BCUT2D eigenvalue weighted by Gasteiger charge is 2.42. The summed E-state index contributed by atoms with van der Waals surface area (Å²) in [6.07, 6.45) is -0.0442. The first-order valence-corrected chi connectivity index (χ1v) is 9.80. The Morgan fingerprint density at radius 1 is 1.33 bits per heavy atom. The molecule has 1 aliphatic rings. The lowest BCUT2D eigenvalue weighted by Gasteiger charge is -2.07. The van der Waals surface area contributed by atoms with Crippen LogP contribution in [0.1, 0.15) is 41.3 Å². The molecule has 2 aromatic heterocycles. The van der Waals surface area contributed by atoms with Crippen LogP contribution in [-0.4, -0.2) is 25.5 Å². The van der Waals surface area contributed by atoms with Gasteiger partial charge in [0.25, 0.3) is 0 Å². The molecule has 10 heteroatoms. The number of rotatable bonds is 6. The number of carbonyl (C=O) groups is 1. The number of nitrogens with zero attached hydrogens (tertiary/aromatic N) is 4. The predicted molar refractivity (Wildman–Crippen MR) is 105 cm³/mol. The third kappa shape index (κ3) is 4.51. The fourth-order valence-corrected chi connectivity index (χ4v) is 3.75. The maximum absolute atomic E-state index is 13.1. The van der Waals surface area contributed by atoms with Crippen molar-refractivity contribution in [3.63, 3.8) is 0 Å². The first-order valence-electron chi connectivity index (χ1n) is 9.42. The van der Waals surface area contributed by atoms with Crippen LogP contribution in [0.3, 0.4) is 0 Å². The highest BCUT2D eigenvalue weighted by molar-refractivity contribution is 6.32. The molecule has 0 aliphatic heterocycles. The van der Waals surface area contributed by atoms with Gasteiger partial charge in [0.1, 0.15) is 6.54 Å². The van der Waals surface area contributed by atoms with Crippen LogP contribution in [0.4, 0.5) is 18.9 Å². The molecular weight excluding hydrogens is 419 g/mol. The van der Waals surface area contributed by atoms with E-state index in [0.717, 1.165) is 28.7 Å². The van der Waals surface area contributed by atoms with E-state index >= 15 is 0 Å². The van der Waals surface area contributed by atoms with Gasteiger partial charge in [0.15, 0.2) is 5.69 Å². The number of alkyl halides is 3. The monoisotopic (exact) mass is 437 g/mol. The van der Waals surface area contributed by atoms with Gasteiger partial charge in [-0.3, -0.25) is 14.2 Å². The molecule has 1 aliphatic carbocycles. The van der Waals surface area contributed by atoms with Gasteiger partial charge in [-0.2, -0.15) is 23.4 Å². The Labute approximate surface area is 175 Å². The van der Waals surface area contributed by atoms with Gasteiger partial charge >= 0.3 is 6.18 Å². The summed E-state index contributed by atoms with van der Waals surface area (Å²) in [4.78, 5) is 12.4. The van der Waals surface area contributed by atoms with Crippen molar-refractivity contribution in [2.24, 2.45) is 0 Å². The normalized spacial score (nSPS) is 14.2. The SMILES string of the molecule is Cc1cccc(Cn2cc(NC(=O)Cn3nc(C(F)(F)F)c(Cl)c3C3CC3)cn2)c1. The van der Waals surface area contributed by atoms with Crippen LogP contribution >= 0.6 is 11.6 Å². The van der Waals surface area contributed by atoms with Gasteiger partial charge in [-0.15, -0.1) is 0 Å². The maximum atomic E-state index is 13.1. The fraction of sp³-hybridized carbons (Fsp3) is 0.350. The van der Waals surface area contributed by atoms with E-state index < -0.39 is 22.8 Å². The van der Waals surface area contributed by atoms with Crippen LogP contribution in [0.5, 0.6) is 0 Å². The van der Waals surface area contributed by atoms with Crippen molar-refractivity contribution >= 4 is 23.2 Å². The number of hydrogen-bond acceptors (Lipinski definition) is 3. The lowest BCUT2D eigenvalue weighted by atomic mass is 10.1. The van der Waals surface area contributed by atoms with Crippen molar-refractivity contribution in [3.8, 4) is 0 Å². The molecule has 158 valence electrons. The minimum Gasteiger partial charge on any atom is -0.322 e. The van der Waals surface area contributed by atoms with E-state index in [1.807, 2.05) is 31.2 Å². The standard InChI is InChI=1S/C20H19ClF3N5O/c1-12-3-2-4-13(7-12)9-28-10-15(8-25-28)26-16(30)11-29-18(14-5-6-14)17(21)19(27-29)20(22,23)24/h2-4,7-8,10,14H,5-6,9,11H2,1H3,(H,26,30). The minimum atomic E-state index is -4.67. The number of halogens is 4. The smallest absolute Gasteiger partial charge is 0.322 e. The highest BCUT2D eigenvalue weighted by atomic mass is 35.5. The number of carbonyl (C=O) groups excluding carboxylic acids is 1. The molecule has 0 unspecified atom stereocenters. The van der Waals surface area contributed by atoms with Crippen LogP contribution in [-0.2, 0) is 24.1 Å². The van der Waals surface area contributed by atoms with Gasteiger partial charge in [0.05, 0.1) is 29.1 Å². The largest absolute Gasteiger partial charge is 0.436 e. The Hall–Kier alpha value is -2.81. The molecule has 1 saturated carbocycles. The first kappa shape index (κ1) is 20.5. The zero-order valence-electron chi connectivity index (χ0n) is 16.1. The second-order valence-corrected chi connectivity index (χ2v) is 7.82. The molecule has 0 atom stereocenters. The summed E-state index contributed by atoms with van der Waals surface area (Å²) >= 11 is 5.94. The van der Waals surface area contributed by atoms with Gasteiger partial charge in [0, 0.05) is 12.1 Å². The molecule has 1 aromatic carbocycles. The van der Waals surface area contributed by atoms with E-state index in [0.29, 0.717) is 12.2 Å². The molecule has 30 heavy (non-hydrogen) atoms. The van der Waals surface area contributed by atoms with E-state index in [4.69, 9.17) is 11.6 Å². The van der Waals surface area contributed by atoms with E-state index in [-0.39, 0.29) is 18.2 Å². The number of benzene rings is 1. The second-order valence-electron chi connectivity index (χ2n) is 7.44. The average molecular weight is 438 g/mol. The van der Waals surface area contributed by atoms with E-state index in [1.54, 1.807) is 10.9 Å². The zero-order valence-corrected chi connectivity index (χ0v) is 16.8. The van der Waals surface area contributed by atoms with Gasteiger partial charge in [0.2, 0.25) is 5.91 Å². The molecule has 1 N–H and O–H groups in total. The van der Waals surface area contributed by atoms with Crippen molar-refractivity contribution in [2.45, 2.75) is 44.9 Å². The molecule has 2 heterocycles. The summed E-state index contributed by atoms with van der Waals surface area (Å²) in [6, 6.07) is 7.98. The Morgan fingerprint density at radius 3 is 2.77 bits per heavy atom. The van der Waals surface area contributed by atoms with Gasteiger partial charge in [-0.25, -0.2) is 0 Å². The number of aryl methyl sites for hydroxylation is 1. The van der Waals surface area contributed by atoms with Crippen molar-refractivity contribution in [2.75, 3.05) is 5.32 Å². The van der Waals surface area contributed by atoms with Crippen LogP contribution in [0, 0.1) is 6.92 Å². The molecule has 0 bridgehead atoms. The van der Waals surface area contributed by atoms with Gasteiger partial charge < -0.3 is 5.32 Å². The lowest BCUT2D eigenvalue weighted by molar-refractivity contribution is -0.141. The molecular formula is C20H19ClF3N5O. The van der Waals surface area contributed by atoms with Crippen molar-refractivity contribution in [1.82, 2.24) is 19.6 Å². The molecule has 4 rings (SSSR count). The summed E-state index contributed by atoms with van der Waals surface area (Å²) in [5.74, 6) is -0.592. The Kier molecular flexibility index (Phi) is 5.31.